The fraction of sp³-hybridized carbons (Fsp3) is 0.412. The van der Waals surface area contributed by atoms with Gasteiger partial charge in [0.25, 0.3) is 5.91 Å². The van der Waals surface area contributed by atoms with Crippen molar-refractivity contribution in [3.05, 3.63) is 52.8 Å². The zero-order valence-corrected chi connectivity index (χ0v) is 12.5. The maximum Gasteiger partial charge on any atom is 0.272 e. The first-order chi connectivity index (χ1) is 10.8. The summed E-state index contributed by atoms with van der Waals surface area (Å²) in [5, 5.41) is 19.3. The molecule has 1 atom stereocenters. The van der Waals surface area contributed by atoms with Gasteiger partial charge in [0.2, 0.25) is 0 Å². The number of carbonyl (C=O) groups is 1. The molecule has 5 nitrogen and oxygen atoms in total. The summed E-state index contributed by atoms with van der Waals surface area (Å²) in [6.45, 7) is 0.609. The van der Waals surface area contributed by atoms with Crippen LogP contribution in [0.3, 0.4) is 0 Å². The molecule has 0 radical (unpaired) electrons. The van der Waals surface area contributed by atoms with Crippen LogP contribution in [0, 0.1) is 0 Å². The summed E-state index contributed by atoms with van der Waals surface area (Å²) in [4.78, 5) is 12.3. The van der Waals surface area contributed by atoms with Gasteiger partial charge in [-0.1, -0.05) is 30.3 Å². The van der Waals surface area contributed by atoms with E-state index in [1.807, 2.05) is 30.3 Å². The number of benzene rings is 1. The van der Waals surface area contributed by atoms with E-state index in [2.05, 4.69) is 15.5 Å². The lowest BCUT2D eigenvalue weighted by Crippen LogP contribution is -2.29. The summed E-state index contributed by atoms with van der Waals surface area (Å²) < 4.78 is 0. The van der Waals surface area contributed by atoms with Crippen LogP contribution in [-0.2, 0) is 12.8 Å². The second kappa shape index (κ2) is 6.75. The highest BCUT2D eigenvalue weighted by atomic mass is 16.3. The van der Waals surface area contributed by atoms with Gasteiger partial charge in [0.05, 0.1) is 0 Å². The van der Waals surface area contributed by atoms with Gasteiger partial charge in [-0.3, -0.25) is 9.89 Å². The lowest BCUT2D eigenvalue weighted by atomic mass is 9.96. The Kier molecular flexibility index (Phi) is 4.53. The fourth-order valence-electron chi connectivity index (χ4n) is 3.07. The van der Waals surface area contributed by atoms with Crippen LogP contribution in [0.2, 0.25) is 0 Å². The molecule has 3 rings (SSSR count). The van der Waals surface area contributed by atoms with E-state index in [-0.39, 0.29) is 18.4 Å². The smallest absolute Gasteiger partial charge is 0.272 e. The number of amides is 1. The Hall–Kier alpha value is -2.14. The molecule has 2 aromatic rings. The van der Waals surface area contributed by atoms with Crippen molar-refractivity contribution >= 4 is 5.91 Å². The van der Waals surface area contributed by atoms with E-state index in [1.54, 1.807) is 0 Å². The van der Waals surface area contributed by atoms with Crippen LogP contribution in [0.1, 0.15) is 46.1 Å². The van der Waals surface area contributed by atoms with Crippen LogP contribution in [0.15, 0.2) is 30.3 Å². The van der Waals surface area contributed by atoms with E-state index in [1.165, 1.54) is 0 Å². The van der Waals surface area contributed by atoms with Gasteiger partial charge in [-0.2, -0.15) is 5.10 Å². The van der Waals surface area contributed by atoms with Crippen molar-refractivity contribution in [2.24, 2.45) is 0 Å². The predicted molar refractivity (Wildman–Crippen MR) is 83.8 cm³/mol. The van der Waals surface area contributed by atoms with Crippen LogP contribution < -0.4 is 5.32 Å². The van der Waals surface area contributed by atoms with E-state index >= 15 is 0 Å². The van der Waals surface area contributed by atoms with E-state index in [0.717, 1.165) is 36.1 Å². The van der Waals surface area contributed by atoms with Crippen LogP contribution in [-0.4, -0.2) is 34.4 Å². The Morgan fingerprint density at radius 2 is 2.14 bits per heavy atom. The molecule has 1 aromatic heterocycles. The van der Waals surface area contributed by atoms with E-state index in [0.29, 0.717) is 18.7 Å². The minimum atomic E-state index is -0.127. The number of nitrogens with one attached hydrogen (secondary N) is 2. The standard InChI is InChI=1S/C17H21N3O2/c21-10-9-13(12-5-2-1-3-6-12)11-18-17(22)16-14-7-4-8-15(14)19-20-16/h1-3,5-6,13,21H,4,7-11H2,(H,18,22)(H,19,20). The summed E-state index contributed by atoms with van der Waals surface area (Å²) in [6.07, 6.45) is 3.62. The number of aryl methyl sites for hydroxylation is 1. The number of nitrogens with zero attached hydrogens (tertiary/aromatic N) is 1. The first-order valence-electron chi connectivity index (χ1n) is 7.79. The average Bonchev–Trinajstić information content (AvgIpc) is 3.15. The molecular formula is C17H21N3O2. The van der Waals surface area contributed by atoms with Crippen LogP contribution in [0.5, 0.6) is 0 Å². The highest BCUT2D eigenvalue weighted by Gasteiger charge is 2.23. The third-order valence-corrected chi connectivity index (χ3v) is 4.28. The number of aromatic amines is 1. The fourth-order valence-corrected chi connectivity index (χ4v) is 3.07. The number of H-pyrrole nitrogens is 1. The van der Waals surface area contributed by atoms with E-state index < -0.39 is 0 Å². The Morgan fingerprint density at radius 3 is 2.91 bits per heavy atom. The largest absolute Gasteiger partial charge is 0.396 e. The van der Waals surface area contributed by atoms with Gasteiger partial charge in [0, 0.05) is 30.3 Å². The van der Waals surface area contributed by atoms with Gasteiger partial charge >= 0.3 is 0 Å². The molecular weight excluding hydrogens is 278 g/mol. The average molecular weight is 299 g/mol. The molecule has 22 heavy (non-hydrogen) atoms. The molecule has 0 aliphatic heterocycles. The number of fused-ring (bicyclic) bond motifs is 1. The monoisotopic (exact) mass is 299 g/mol. The lowest BCUT2D eigenvalue weighted by Gasteiger charge is -2.17. The Labute approximate surface area is 129 Å². The number of rotatable bonds is 6. The molecule has 0 saturated carbocycles. The van der Waals surface area contributed by atoms with Gasteiger partial charge in [0.15, 0.2) is 5.69 Å². The molecule has 1 heterocycles. The number of carbonyl (C=O) groups excluding carboxylic acids is 1. The van der Waals surface area contributed by atoms with E-state index in [4.69, 9.17) is 0 Å². The van der Waals surface area contributed by atoms with Crippen molar-refractivity contribution in [2.75, 3.05) is 13.2 Å². The number of hydrogen-bond donors (Lipinski definition) is 3. The highest BCUT2D eigenvalue weighted by Crippen LogP contribution is 2.23. The molecule has 0 bridgehead atoms. The van der Waals surface area contributed by atoms with Crippen LogP contribution in [0.25, 0.3) is 0 Å². The minimum Gasteiger partial charge on any atom is -0.396 e. The molecule has 5 heteroatoms. The Morgan fingerprint density at radius 1 is 1.32 bits per heavy atom. The molecule has 1 amide bonds. The van der Waals surface area contributed by atoms with Gasteiger partial charge in [0.1, 0.15) is 0 Å². The highest BCUT2D eigenvalue weighted by molar-refractivity contribution is 5.94. The summed E-state index contributed by atoms with van der Waals surface area (Å²) in [5.41, 5.74) is 3.82. The normalized spacial score (nSPS) is 14.6. The lowest BCUT2D eigenvalue weighted by molar-refractivity contribution is 0.0943. The predicted octanol–water partition coefficient (Wildman–Crippen LogP) is 1.79. The molecule has 0 spiro atoms. The number of aliphatic hydroxyl groups excluding tert-OH is 1. The second-order valence-corrected chi connectivity index (χ2v) is 5.71. The van der Waals surface area contributed by atoms with Gasteiger partial charge in [-0.25, -0.2) is 0 Å². The summed E-state index contributed by atoms with van der Waals surface area (Å²) in [6, 6.07) is 9.97. The van der Waals surface area contributed by atoms with Crippen molar-refractivity contribution < 1.29 is 9.90 Å². The first kappa shape index (κ1) is 14.8. The number of aromatic nitrogens is 2. The Balaban J connectivity index is 1.65. The summed E-state index contributed by atoms with van der Waals surface area (Å²) in [5.74, 6) is -0.0135. The maximum absolute atomic E-state index is 12.3. The molecule has 1 aliphatic rings. The van der Waals surface area contributed by atoms with Gasteiger partial charge < -0.3 is 10.4 Å². The van der Waals surface area contributed by atoms with E-state index in [9.17, 15) is 9.90 Å². The van der Waals surface area contributed by atoms with Crippen molar-refractivity contribution in [1.29, 1.82) is 0 Å². The van der Waals surface area contributed by atoms with Gasteiger partial charge in [-0.15, -0.1) is 0 Å². The van der Waals surface area contributed by atoms with Crippen LogP contribution >= 0.6 is 0 Å². The quantitative estimate of drug-likeness (QED) is 0.761. The van der Waals surface area contributed by atoms with Crippen molar-refractivity contribution in [3.8, 4) is 0 Å². The molecule has 1 unspecified atom stereocenters. The van der Waals surface area contributed by atoms with Crippen molar-refractivity contribution in [3.63, 3.8) is 0 Å². The van der Waals surface area contributed by atoms with Crippen molar-refractivity contribution in [2.45, 2.75) is 31.6 Å². The topological polar surface area (TPSA) is 78.0 Å². The molecule has 3 N–H and O–H groups in total. The Bertz CT molecular complexity index is 637. The molecule has 0 fully saturated rings. The summed E-state index contributed by atoms with van der Waals surface area (Å²) >= 11 is 0. The zero-order valence-electron chi connectivity index (χ0n) is 12.5. The zero-order chi connectivity index (χ0) is 15.4. The first-order valence-corrected chi connectivity index (χ1v) is 7.79. The minimum absolute atomic E-state index is 0.104. The molecule has 116 valence electrons. The van der Waals surface area contributed by atoms with Crippen molar-refractivity contribution in [1.82, 2.24) is 15.5 Å². The third-order valence-electron chi connectivity index (χ3n) is 4.28. The summed E-state index contributed by atoms with van der Waals surface area (Å²) in [7, 11) is 0. The van der Waals surface area contributed by atoms with Crippen LogP contribution in [0.4, 0.5) is 0 Å². The molecule has 1 aliphatic carbocycles. The SMILES string of the molecule is O=C(NCC(CCO)c1ccccc1)c1n[nH]c2c1CCC2. The second-order valence-electron chi connectivity index (χ2n) is 5.71. The maximum atomic E-state index is 12.3. The molecule has 0 saturated heterocycles. The third kappa shape index (κ3) is 3.04. The van der Waals surface area contributed by atoms with Gasteiger partial charge in [-0.05, 0) is 31.2 Å². The number of aliphatic hydroxyl groups is 1. The number of hydrogen-bond acceptors (Lipinski definition) is 3. The molecule has 1 aromatic carbocycles.